The predicted molar refractivity (Wildman–Crippen MR) is 91.6 cm³/mol. The number of amides is 2. The minimum Gasteiger partial charge on any atom is -0.333 e. The molecule has 124 valence electrons. The Morgan fingerprint density at radius 2 is 2.17 bits per heavy atom. The number of likely N-dealkylation sites (tertiary alicyclic amines) is 2. The molecular weight excluding hydrogens is 322 g/mol. The molecule has 0 unspecified atom stereocenters. The topological polar surface area (TPSA) is 53.5 Å². The average molecular weight is 341 g/mol. The average Bonchev–Trinajstić information content (AvgIpc) is 3.27. The summed E-state index contributed by atoms with van der Waals surface area (Å²) in [5.41, 5.74) is 1.04. The summed E-state index contributed by atoms with van der Waals surface area (Å²) in [6, 6.07) is 7.92. The zero-order valence-electron chi connectivity index (χ0n) is 13.3. The lowest BCUT2D eigenvalue weighted by molar-refractivity contribution is -0.138. The Balaban J connectivity index is 1.54. The fourth-order valence-corrected chi connectivity index (χ4v) is 4.52. The fraction of sp³-hybridized carbons (Fsp3) is 0.389. The number of carbonyl (C=O) groups excluding carboxylic acids is 2. The van der Waals surface area contributed by atoms with Gasteiger partial charge in [0.2, 0.25) is 5.91 Å². The molecule has 0 aromatic carbocycles. The third-order valence-corrected chi connectivity index (χ3v) is 5.81. The molecule has 2 aromatic heterocycles. The van der Waals surface area contributed by atoms with Crippen LogP contribution in [-0.2, 0) is 11.3 Å². The largest absolute Gasteiger partial charge is 0.333 e. The van der Waals surface area contributed by atoms with Gasteiger partial charge in [0.1, 0.15) is 0 Å². The van der Waals surface area contributed by atoms with Gasteiger partial charge in [-0.2, -0.15) is 0 Å². The Hall–Kier alpha value is -2.21. The Morgan fingerprint density at radius 1 is 1.25 bits per heavy atom. The highest BCUT2D eigenvalue weighted by molar-refractivity contribution is 7.12. The molecule has 4 heterocycles. The molecule has 2 saturated heterocycles. The van der Waals surface area contributed by atoms with Gasteiger partial charge in [-0.1, -0.05) is 12.1 Å². The second kappa shape index (κ2) is 6.36. The van der Waals surface area contributed by atoms with Gasteiger partial charge in [-0.25, -0.2) is 0 Å². The summed E-state index contributed by atoms with van der Waals surface area (Å²) in [5.74, 6) is 0.290. The molecule has 0 bridgehead atoms. The van der Waals surface area contributed by atoms with Crippen LogP contribution in [0.4, 0.5) is 0 Å². The van der Waals surface area contributed by atoms with Crippen LogP contribution in [0.2, 0.25) is 0 Å². The Labute approximate surface area is 144 Å². The number of hydrogen-bond donors (Lipinski definition) is 0. The van der Waals surface area contributed by atoms with Gasteiger partial charge in [0.25, 0.3) is 5.91 Å². The molecule has 0 aliphatic carbocycles. The van der Waals surface area contributed by atoms with Crippen molar-refractivity contribution in [3.63, 3.8) is 0 Å². The first-order valence-electron chi connectivity index (χ1n) is 8.27. The normalized spacial score (nSPS) is 23.4. The molecule has 0 radical (unpaired) electrons. The van der Waals surface area contributed by atoms with E-state index in [1.807, 2.05) is 39.4 Å². The number of carbonyl (C=O) groups is 2. The van der Waals surface area contributed by atoms with Crippen molar-refractivity contribution < 1.29 is 9.59 Å². The first-order valence-corrected chi connectivity index (χ1v) is 9.15. The van der Waals surface area contributed by atoms with Gasteiger partial charge >= 0.3 is 0 Å². The first kappa shape index (κ1) is 15.3. The van der Waals surface area contributed by atoms with Crippen molar-refractivity contribution in [2.45, 2.75) is 37.9 Å². The van der Waals surface area contributed by atoms with Crippen LogP contribution in [0, 0.1) is 0 Å². The van der Waals surface area contributed by atoms with Crippen LogP contribution in [0.15, 0.2) is 42.0 Å². The van der Waals surface area contributed by atoms with E-state index in [9.17, 15) is 9.59 Å². The van der Waals surface area contributed by atoms with Crippen LogP contribution in [-0.4, -0.2) is 45.2 Å². The molecule has 2 aliphatic rings. The summed E-state index contributed by atoms with van der Waals surface area (Å²) >= 11 is 1.48. The minimum atomic E-state index is 0.105. The molecule has 4 rings (SSSR count). The molecule has 0 spiro atoms. The molecular formula is C18H19N3O2S. The maximum absolute atomic E-state index is 12.7. The molecule has 5 nitrogen and oxygen atoms in total. The Bertz CT molecular complexity index is 732. The van der Waals surface area contributed by atoms with Crippen molar-refractivity contribution >= 4 is 23.2 Å². The van der Waals surface area contributed by atoms with Crippen LogP contribution >= 0.6 is 11.3 Å². The van der Waals surface area contributed by atoms with Crippen LogP contribution in [0.1, 0.15) is 34.5 Å². The van der Waals surface area contributed by atoms with Crippen molar-refractivity contribution in [1.29, 1.82) is 0 Å². The highest BCUT2D eigenvalue weighted by Crippen LogP contribution is 2.33. The summed E-state index contributed by atoms with van der Waals surface area (Å²) in [7, 11) is 0. The van der Waals surface area contributed by atoms with Crippen molar-refractivity contribution in [2.24, 2.45) is 0 Å². The van der Waals surface area contributed by atoms with Gasteiger partial charge in [0.15, 0.2) is 0 Å². The Kier molecular flexibility index (Phi) is 4.06. The molecule has 2 fully saturated rings. The molecule has 0 saturated carbocycles. The third-order valence-electron chi connectivity index (χ3n) is 4.95. The number of thiophene rings is 1. The van der Waals surface area contributed by atoms with Crippen molar-refractivity contribution in [3.8, 4) is 0 Å². The van der Waals surface area contributed by atoms with Crippen LogP contribution in [0.3, 0.4) is 0 Å². The lowest BCUT2D eigenvalue weighted by atomic mass is 9.95. The number of aromatic nitrogens is 1. The minimum absolute atomic E-state index is 0.105. The number of piperidine rings is 1. The van der Waals surface area contributed by atoms with Gasteiger partial charge < -0.3 is 9.80 Å². The van der Waals surface area contributed by atoms with E-state index >= 15 is 0 Å². The van der Waals surface area contributed by atoms with E-state index < -0.39 is 0 Å². The molecule has 2 aliphatic heterocycles. The second-order valence-electron chi connectivity index (χ2n) is 6.32. The summed E-state index contributed by atoms with van der Waals surface area (Å²) in [5, 5.41) is 1.93. The van der Waals surface area contributed by atoms with Crippen molar-refractivity contribution in [3.05, 3.63) is 52.5 Å². The van der Waals surface area contributed by atoms with E-state index in [1.54, 1.807) is 12.4 Å². The number of hydrogen-bond acceptors (Lipinski definition) is 4. The van der Waals surface area contributed by atoms with E-state index in [0.717, 1.165) is 29.8 Å². The van der Waals surface area contributed by atoms with Gasteiger partial charge in [-0.15, -0.1) is 11.3 Å². The van der Waals surface area contributed by atoms with Crippen LogP contribution in [0.25, 0.3) is 0 Å². The molecule has 6 heteroatoms. The number of nitrogens with zero attached hydrogens (tertiary/aromatic N) is 3. The molecule has 2 amide bonds. The molecule has 24 heavy (non-hydrogen) atoms. The second-order valence-corrected chi connectivity index (χ2v) is 7.27. The van der Waals surface area contributed by atoms with E-state index in [-0.39, 0.29) is 23.9 Å². The maximum Gasteiger partial charge on any atom is 0.264 e. The monoisotopic (exact) mass is 341 g/mol. The molecule has 2 aromatic rings. The van der Waals surface area contributed by atoms with Crippen molar-refractivity contribution in [2.75, 3.05) is 6.54 Å². The molecule has 2 atom stereocenters. The highest BCUT2D eigenvalue weighted by Gasteiger charge is 2.45. The van der Waals surface area contributed by atoms with E-state index in [1.165, 1.54) is 11.3 Å². The summed E-state index contributed by atoms with van der Waals surface area (Å²) < 4.78 is 0. The lowest BCUT2D eigenvalue weighted by Gasteiger charge is -2.39. The standard InChI is InChI=1S/C18H19N3O2S/c22-17-6-5-14-15(21(17)12-13-3-1-8-19-11-13)7-9-20(14)18(23)16-4-2-10-24-16/h1-4,8,10-11,14-15H,5-7,9,12H2/t14-,15-/m0/s1. The number of fused-ring (bicyclic) bond motifs is 1. The zero-order chi connectivity index (χ0) is 16.5. The van der Waals surface area contributed by atoms with Crippen molar-refractivity contribution in [1.82, 2.24) is 14.8 Å². The zero-order valence-corrected chi connectivity index (χ0v) is 14.1. The quantitative estimate of drug-likeness (QED) is 0.862. The SMILES string of the molecule is O=C1CC[C@H]2[C@H](CCN2C(=O)c2cccs2)N1Cc1cccnc1. The maximum atomic E-state index is 12.7. The fourth-order valence-electron chi connectivity index (χ4n) is 3.84. The van der Waals surface area contributed by atoms with Gasteiger partial charge in [0, 0.05) is 31.9 Å². The smallest absolute Gasteiger partial charge is 0.264 e. The number of pyridine rings is 1. The Morgan fingerprint density at radius 3 is 2.92 bits per heavy atom. The van der Waals surface area contributed by atoms with E-state index in [0.29, 0.717) is 13.0 Å². The van der Waals surface area contributed by atoms with Crippen LogP contribution in [0.5, 0.6) is 0 Å². The summed E-state index contributed by atoms with van der Waals surface area (Å²) in [6.07, 6.45) is 5.68. The van der Waals surface area contributed by atoms with Gasteiger partial charge in [-0.05, 0) is 35.9 Å². The van der Waals surface area contributed by atoms with Crippen LogP contribution < -0.4 is 0 Å². The van der Waals surface area contributed by atoms with Gasteiger partial charge in [-0.3, -0.25) is 14.6 Å². The summed E-state index contributed by atoms with van der Waals surface area (Å²) in [6.45, 7) is 1.30. The lowest BCUT2D eigenvalue weighted by Crippen LogP contribution is -2.52. The third kappa shape index (κ3) is 2.71. The summed E-state index contributed by atoms with van der Waals surface area (Å²) in [4.78, 5) is 34.0. The predicted octanol–water partition coefficient (Wildman–Crippen LogP) is 2.55. The van der Waals surface area contributed by atoms with Gasteiger partial charge in [0.05, 0.1) is 17.0 Å². The first-order chi connectivity index (χ1) is 11.7. The number of rotatable bonds is 3. The highest BCUT2D eigenvalue weighted by atomic mass is 32.1. The molecule has 0 N–H and O–H groups in total. The van der Waals surface area contributed by atoms with E-state index in [2.05, 4.69) is 4.98 Å². The van der Waals surface area contributed by atoms with E-state index in [4.69, 9.17) is 0 Å².